The van der Waals surface area contributed by atoms with Crippen molar-refractivity contribution in [2.75, 3.05) is 20.8 Å². The monoisotopic (exact) mass is 313 g/mol. The molecule has 122 valence electrons. The number of benzene rings is 2. The average molecular weight is 313 g/mol. The molecule has 0 fully saturated rings. The van der Waals surface area contributed by atoms with Gasteiger partial charge in [0.1, 0.15) is 5.75 Å². The predicted octanol–water partition coefficient (Wildman–Crippen LogP) is 3.05. The summed E-state index contributed by atoms with van der Waals surface area (Å²) in [6, 6.07) is 15.6. The lowest BCUT2D eigenvalue weighted by Gasteiger charge is -2.17. The quantitative estimate of drug-likeness (QED) is 0.854. The molecule has 4 heteroatoms. The molecule has 0 spiro atoms. The van der Waals surface area contributed by atoms with Gasteiger partial charge >= 0.3 is 0 Å². The van der Waals surface area contributed by atoms with Gasteiger partial charge in [0, 0.05) is 13.7 Å². The molecule has 1 unspecified atom stereocenters. The third kappa shape index (κ3) is 5.11. The van der Waals surface area contributed by atoms with Gasteiger partial charge in [-0.3, -0.25) is 4.79 Å². The highest BCUT2D eigenvalue weighted by atomic mass is 16.5. The molecule has 0 aliphatic rings. The highest BCUT2D eigenvalue weighted by Crippen LogP contribution is 2.21. The summed E-state index contributed by atoms with van der Waals surface area (Å²) < 4.78 is 10.7. The molecule has 0 heterocycles. The lowest BCUT2D eigenvalue weighted by Crippen LogP contribution is -2.30. The number of hydrogen-bond acceptors (Lipinski definition) is 3. The Balaban J connectivity index is 1.93. The van der Waals surface area contributed by atoms with Crippen LogP contribution in [0.25, 0.3) is 0 Å². The van der Waals surface area contributed by atoms with E-state index in [1.54, 1.807) is 14.2 Å². The van der Waals surface area contributed by atoms with E-state index in [4.69, 9.17) is 9.47 Å². The first-order chi connectivity index (χ1) is 11.1. The van der Waals surface area contributed by atoms with Crippen LogP contribution in [0.5, 0.6) is 5.75 Å². The van der Waals surface area contributed by atoms with E-state index >= 15 is 0 Å². The fourth-order valence-corrected chi connectivity index (χ4v) is 2.46. The van der Waals surface area contributed by atoms with E-state index in [-0.39, 0.29) is 12.0 Å². The first-order valence-electron chi connectivity index (χ1n) is 7.61. The molecule has 0 aliphatic heterocycles. The van der Waals surface area contributed by atoms with E-state index in [1.165, 1.54) is 0 Å². The molecule has 1 atom stereocenters. The molecule has 2 aromatic rings. The summed E-state index contributed by atoms with van der Waals surface area (Å²) in [5, 5.41) is 2.93. The Hall–Kier alpha value is -2.33. The highest BCUT2D eigenvalue weighted by Gasteiger charge is 2.13. The summed E-state index contributed by atoms with van der Waals surface area (Å²) in [5.41, 5.74) is 3.14. The van der Waals surface area contributed by atoms with E-state index < -0.39 is 0 Å². The third-order valence-electron chi connectivity index (χ3n) is 3.68. The van der Waals surface area contributed by atoms with Crippen molar-refractivity contribution in [3.8, 4) is 5.75 Å². The van der Waals surface area contributed by atoms with Crippen LogP contribution in [0.2, 0.25) is 0 Å². The summed E-state index contributed by atoms with van der Waals surface area (Å²) in [6.07, 6.45) is 0.169. The molecule has 0 saturated carbocycles. The molecule has 0 saturated heterocycles. The maximum absolute atomic E-state index is 12.1. The van der Waals surface area contributed by atoms with E-state index in [0.717, 1.165) is 22.4 Å². The van der Waals surface area contributed by atoms with Crippen LogP contribution in [-0.2, 0) is 16.0 Å². The zero-order valence-electron chi connectivity index (χ0n) is 13.8. The molecule has 1 amide bonds. The van der Waals surface area contributed by atoms with Crippen molar-refractivity contribution in [2.24, 2.45) is 0 Å². The van der Waals surface area contributed by atoms with Crippen LogP contribution in [0.15, 0.2) is 48.5 Å². The lowest BCUT2D eigenvalue weighted by atomic mass is 10.1. The topological polar surface area (TPSA) is 47.6 Å². The minimum atomic E-state index is -0.202. The molecule has 0 aromatic heterocycles. The number of carbonyl (C=O) groups is 1. The Morgan fingerprint density at radius 1 is 1.13 bits per heavy atom. The minimum absolute atomic E-state index is 0.0134. The second-order valence-corrected chi connectivity index (χ2v) is 5.47. The first-order valence-corrected chi connectivity index (χ1v) is 7.61. The number of hydrogen-bond donors (Lipinski definition) is 1. The SMILES string of the molecule is COc1cccc(C(CNC(=O)Cc2cccc(C)c2)OC)c1. The lowest BCUT2D eigenvalue weighted by molar-refractivity contribution is -0.121. The number of methoxy groups -OCH3 is 2. The largest absolute Gasteiger partial charge is 0.497 e. The van der Waals surface area contributed by atoms with Crippen LogP contribution in [-0.4, -0.2) is 26.7 Å². The Morgan fingerprint density at radius 2 is 1.91 bits per heavy atom. The van der Waals surface area contributed by atoms with Gasteiger partial charge in [0.2, 0.25) is 5.91 Å². The van der Waals surface area contributed by atoms with Gasteiger partial charge in [0.05, 0.1) is 19.6 Å². The second kappa shape index (κ2) is 8.34. The Kier molecular flexibility index (Phi) is 6.18. The number of nitrogens with one attached hydrogen (secondary N) is 1. The van der Waals surface area contributed by atoms with Gasteiger partial charge in [-0.05, 0) is 30.2 Å². The zero-order valence-corrected chi connectivity index (χ0v) is 13.8. The molecule has 23 heavy (non-hydrogen) atoms. The van der Waals surface area contributed by atoms with Crippen molar-refractivity contribution in [1.29, 1.82) is 0 Å². The average Bonchev–Trinajstić information content (AvgIpc) is 2.55. The summed E-state index contributed by atoms with van der Waals surface area (Å²) in [5.74, 6) is 0.760. The van der Waals surface area contributed by atoms with E-state index in [0.29, 0.717) is 13.0 Å². The first kappa shape index (κ1) is 17.0. The number of rotatable bonds is 7. The van der Waals surface area contributed by atoms with Gasteiger partial charge in [-0.25, -0.2) is 0 Å². The molecule has 2 aromatic carbocycles. The van der Waals surface area contributed by atoms with Gasteiger partial charge in [0.15, 0.2) is 0 Å². The molecular weight excluding hydrogens is 290 g/mol. The Morgan fingerprint density at radius 3 is 2.61 bits per heavy atom. The standard InChI is InChI=1S/C19H23NO3/c1-14-6-4-7-15(10-14)11-19(21)20-13-18(23-3)16-8-5-9-17(12-16)22-2/h4-10,12,18H,11,13H2,1-3H3,(H,20,21). The second-order valence-electron chi connectivity index (χ2n) is 5.47. The molecule has 0 aliphatic carbocycles. The summed E-state index contributed by atoms with van der Waals surface area (Å²) in [6.45, 7) is 2.44. The fraction of sp³-hybridized carbons (Fsp3) is 0.316. The van der Waals surface area contributed by atoms with Crippen LogP contribution in [0.1, 0.15) is 22.8 Å². The van der Waals surface area contributed by atoms with Gasteiger partial charge in [-0.1, -0.05) is 42.0 Å². The molecular formula is C19H23NO3. The van der Waals surface area contributed by atoms with E-state index in [9.17, 15) is 4.79 Å². The van der Waals surface area contributed by atoms with E-state index in [1.807, 2.05) is 55.5 Å². The Bertz CT molecular complexity index is 655. The summed E-state index contributed by atoms with van der Waals surface area (Å²) >= 11 is 0. The van der Waals surface area contributed by atoms with Gasteiger partial charge < -0.3 is 14.8 Å². The van der Waals surface area contributed by atoms with Crippen molar-refractivity contribution in [3.63, 3.8) is 0 Å². The highest BCUT2D eigenvalue weighted by molar-refractivity contribution is 5.78. The number of ether oxygens (including phenoxy) is 2. The van der Waals surface area contributed by atoms with E-state index in [2.05, 4.69) is 5.32 Å². The Labute approximate surface area is 137 Å². The zero-order chi connectivity index (χ0) is 16.7. The molecule has 0 radical (unpaired) electrons. The maximum Gasteiger partial charge on any atom is 0.224 e. The van der Waals surface area contributed by atoms with Crippen molar-refractivity contribution in [3.05, 3.63) is 65.2 Å². The van der Waals surface area contributed by atoms with Crippen molar-refractivity contribution < 1.29 is 14.3 Å². The van der Waals surface area contributed by atoms with Gasteiger partial charge in [-0.15, -0.1) is 0 Å². The number of carbonyl (C=O) groups excluding carboxylic acids is 1. The summed E-state index contributed by atoms with van der Waals surface area (Å²) in [4.78, 5) is 12.1. The minimum Gasteiger partial charge on any atom is -0.497 e. The smallest absolute Gasteiger partial charge is 0.224 e. The van der Waals surface area contributed by atoms with Crippen molar-refractivity contribution >= 4 is 5.91 Å². The fourth-order valence-electron chi connectivity index (χ4n) is 2.46. The molecule has 2 rings (SSSR count). The third-order valence-corrected chi connectivity index (χ3v) is 3.68. The molecule has 1 N–H and O–H groups in total. The van der Waals surface area contributed by atoms with Crippen LogP contribution in [0.4, 0.5) is 0 Å². The normalized spacial score (nSPS) is 11.8. The predicted molar refractivity (Wildman–Crippen MR) is 90.6 cm³/mol. The number of aryl methyl sites for hydroxylation is 1. The van der Waals surface area contributed by atoms with Crippen molar-refractivity contribution in [2.45, 2.75) is 19.4 Å². The molecule has 0 bridgehead atoms. The molecule has 4 nitrogen and oxygen atoms in total. The van der Waals surface area contributed by atoms with Crippen LogP contribution >= 0.6 is 0 Å². The summed E-state index contributed by atoms with van der Waals surface area (Å²) in [7, 11) is 3.27. The van der Waals surface area contributed by atoms with Gasteiger partial charge in [0.25, 0.3) is 0 Å². The van der Waals surface area contributed by atoms with Crippen LogP contribution < -0.4 is 10.1 Å². The van der Waals surface area contributed by atoms with Gasteiger partial charge in [-0.2, -0.15) is 0 Å². The maximum atomic E-state index is 12.1. The van der Waals surface area contributed by atoms with Crippen molar-refractivity contribution in [1.82, 2.24) is 5.32 Å². The number of amides is 1. The van der Waals surface area contributed by atoms with Crippen LogP contribution in [0, 0.1) is 6.92 Å². The van der Waals surface area contributed by atoms with Crippen LogP contribution in [0.3, 0.4) is 0 Å².